The van der Waals surface area contributed by atoms with Crippen molar-refractivity contribution in [1.82, 2.24) is 19.9 Å². The molecule has 1 fully saturated rings. The van der Waals surface area contributed by atoms with E-state index in [4.69, 9.17) is 18.9 Å². The summed E-state index contributed by atoms with van der Waals surface area (Å²) in [6.07, 6.45) is 5.24. The highest BCUT2D eigenvalue weighted by Gasteiger charge is 2.14. The minimum atomic E-state index is -0.568. The molecule has 11 heteroatoms. The van der Waals surface area contributed by atoms with Crippen LogP contribution in [0.2, 0.25) is 0 Å². The van der Waals surface area contributed by atoms with Crippen molar-refractivity contribution in [3.8, 4) is 23.0 Å². The number of anilines is 1. The lowest BCUT2D eigenvalue weighted by Gasteiger charge is -2.26. The average Bonchev–Trinajstić information content (AvgIpc) is 2.96. The summed E-state index contributed by atoms with van der Waals surface area (Å²) in [6.45, 7) is 4.96. The normalized spacial score (nSPS) is 13.7. The zero-order chi connectivity index (χ0) is 27.0. The highest BCUT2D eigenvalue weighted by molar-refractivity contribution is 6.02. The summed E-state index contributed by atoms with van der Waals surface area (Å²) < 4.78 is 36.4. The molecule has 1 saturated heterocycles. The van der Waals surface area contributed by atoms with Crippen molar-refractivity contribution >= 4 is 22.6 Å². The Morgan fingerprint density at radius 3 is 2.64 bits per heavy atom. The van der Waals surface area contributed by atoms with E-state index in [9.17, 15) is 9.18 Å². The van der Waals surface area contributed by atoms with Crippen LogP contribution >= 0.6 is 0 Å². The van der Waals surface area contributed by atoms with Gasteiger partial charge < -0.3 is 24.3 Å². The number of methoxy groups -OCH3 is 1. The number of carbonyl (C=O) groups is 1. The van der Waals surface area contributed by atoms with Crippen molar-refractivity contribution in [1.29, 1.82) is 0 Å². The lowest BCUT2D eigenvalue weighted by Crippen LogP contribution is -2.37. The fraction of sp³-hybridized carbons (Fsp3) is 0.286. The van der Waals surface area contributed by atoms with Crippen molar-refractivity contribution in [2.45, 2.75) is 6.42 Å². The molecule has 202 valence electrons. The number of rotatable bonds is 10. The Bertz CT molecular complexity index is 1430. The monoisotopic (exact) mass is 533 g/mol. The van der Waals surface area contributed by atoms with Crippen LogP contribution in [0.5, 0.6) is 23.0 Å². The van der Waals surface area contributed by atoms with E-state index in [-0.39, 0.29) is 11.5 Å². The quantitative estimate of drug-likeness (QED) is 0.298. The van der Waals surface area contributed by atoms with E-state index in [0.717, 1.165) is 50.7 Å². The van der Waals surface area contributed by atoms with Crippen LogP contribution in [0.4, 0.5) is 10.2 Å². The lowest BCUT2D eigenvalue weighted by atomic mass is 10.2. The van der Waals surface area contributed by atoms with Gasteiger partial charge in [-0.3, -0.25) is 19.7 Å². The van der Waals surface area contributed by atoms with Gasteiger partial charge in [-0.15, -0.1) is 0 Å². The summed E-state index contributed by atoms with van der Waals surface area (Å²) in [6, 6.07) is 10.9. The largest absolute Gasteiger partial charge is 0.493 e. The minimum Gasteiger partial charge on any atom is -0.493 e. The number of benzene rings is 1. The molecule has 1 amide bonds. The molecule has 0 radical (unpaired) electrons. The Labute approximate surface area is 224 Å². The molecule has 0 bridgehead atoms. The summed E-state index contributed by atoms with van der Waals surface area (Å²) in [4.78, 5) is 27.2. The van der Waals surface area contributed by atoms with E-state index in [1.165, 1.54) is 18.5 Å². The lowest BCUT2D eigenvalue weighted by molar-refractivity contribution is 0.0357. The number of nitrogens with zero attached hydrogens (tertiary/aromatic N) is 4. The van der Waals surface area contributed by atoms with Gasteiger partial charge in [0.25, 0.3) is 5.91 Å². The third kappa shape index (κ3) is 6.75. The first-order valence-electron chi connectivity index (χ1n) is 12.6. The van der Waals surface area contributed by atoms with Crippen molar-refractivity contribution in [2.75, 3.05) is 51.9 Å². The van der Waals surface area contributed by atoms with Crippen LogP contribution in [0, 0.1) is 5.82 Å². The van der Waals surface area contributed by atoms with Gasteiger partial charge in [-0.1, -0.05) is 0 Å². The van der Waals surface area contributed by atoms with E-state index in [1.54, 1.807) is 31.5 Å². The van der Waals surface area contributed by atoms with E-state index < -0.39 is 11.7 Å². The summed E-state index contributed by atoms with van der Waals surface area (Å²) in [5.74, 6) is 1.36. The molecule has 4 aromatic rings. The van der Waals surface area contributed by atoms with Crippen molar-refractivity contribution in [3.05, 3.63) is 72.6 Å². The highest BCUT2D eigenvalue weighted by Crippen LogP contribution is 2.37. The van der Waals surface area contributed by atoms with Gasteiger partial charge >= 0.3 is 0 Å². The third-order valence-corrected chi connectivity index (χ3v) is 6.13. The Balaban J connectivity index is 1.24. The Kier molecular flexibility index (Phi) is 8.39. The number of hydrogen-bond donors (Lipinski definition) is 1. The summed E-state index contributed by atoms with van der Waals surface area (Å²) in [5, 5.41) is 3.32. The van der Waals surface area contributed by atoms with Crippen LogP contribution in [0.3, 0.4) is 0 Å². The number of fused-ring (bicyclic) bond motifs is 1. The van der Waals surface area contributed by atoms with Gasteiger partial charge in [0.15, 0.2) is 11.5 Å². The Morgan fingerprint density at radius 2 is 1.87 bits per heavy atom. The topological polar surface area (TPSA) is 108 Å². The zero-order valence-corrected chi connectivity index (χ0v) is 21.4. The summed E-state index contributed by atoms with van der Waals surface area (Å²) in [7, 11) is 1.59. The molecule has 0 atom stereocenters. The second kappa shape index (κ2) is 12.5. The molecule has 0 spiro atoms. The molecule has 1 N–H and O–H groups in total. The number of ether oxygens (including phenoxy) is 4. The maximum atomic E-state index is 13.4. The molecule has 0 unspecified atom stereocenters. The smallest absolute Gasteiger partial charge is 0.275 e. The SMILES string of the molecule is COc1cc2c(Oc3ccc(NC(=O)c4cc(F)ccn4)nc3)ccnc2cc1OCCCN1CCOCC1. The summed E-state index contributed by atoms with van der Waals surface area (Å²) in [5.41, 5.74) is 0.644. The van der Waals surface area contributed by atoms with Gasteiger partial charge in [0.2, 0.25) is 0 Å². The predicted molar refractivity (Wildman–Crippen MR) is 142 cm³/mol. The summed E-state index contributed by atoms with van der Waals surface area (Å²) >= 11 is 0. The van der Waals surface area contributed by atoms with Gasteiger partial charge in [-0.25, -0.2) is 9.37 Å². The molecule has 0 saturated carbocycles. The van der Waals surface area contributed by atoms with E-state index >= 15 is 0 Å². The zero-order valence-electron chi connectivity index (χ0n) is 21.4. The van der Waals surface area contributed by atoms with Crippen LogP contribution in [-0.4, -0.2) is 72.3 Å². The number of hydrogen-bond acceptors (Lipinski definition) is 9. The molecule has 10 nitrogen and oxygen atoms in total. The minimum absolute atomic E-state index is 0.0465. The third-order valence-electron chi connectivity index (χ3n) is 6.13. The molecule has 4 heterocycles. The molecule has 0 aliphatic carbocycles. The average molecular weight is 534 g/mol. The molecule has 1 aliphatic heterocycles. The van der Waals surface area contributed by atoms with Crippen LogP contribution < -0.4 is 19.5 Å². The fourth-order valence-electron chi connectivity index (χ4n) is 4.14. The number of aromatic nitrogens is 3. The van der Waals surface area contributed by atoms with Crippen LogP contribution in [0.25, 0.3) is 10.9 Å². The molecule has 1 aromatic carbocycles. The number of carbonyl (C=O) groups excluding carboxylic acids is 1. The van der Waals surface area contributed by atoms with Gasteiger partial charge in [-0.05, 0) is 36.8 Å². The number of halogens is 1. The number of pyridine rings is 3. The first-order chi connectivity index (χ1) is 19.1. The molecule has 3 aromatic heterocycles. The van der Waals surface area contributed by atoms with E-state index in [1.807, 2.05) is 12.1 Å². The predicted octanol–water partition coefficient (Wildman–Crippen LogP) is 4.32. The van der Waals surface area contributed by atoms with Crippen molar-refractivity contribution in [2.24, 2.45) is 0 Å². The van der Waals surface area contributed by atoms with Gasteiger partial charge in [0, 0.05) is 49.5 Å². The molecule has 5 rings (SSSR count). The van der Waals surface area contributed by atoms with Crippen LogP contribution in [-0.2, 0) is 4.74 Å². The van der Waals surface area contributed by atoms with Crippen LogP contribution in [0.15, 0.2) is 61.1 Å². The highest BCUT2D eigenvalue weighted by atomic mass is 19.1. The molecule has 1 aliphatic rings. The van der Waals surface area contributed by atoms with Gasteiger partial charge in [0.1, 0.15) is 28.8 Å². The number of amides is 1. The number of nitrogens with one attached hydrogen (secondary N) is 1. The molecule has 39 heavy (non-hydrogen) atoms. The van der Waals surface area contributed by atoms with E-state index in [2.05, 4.69) is 25.2 Å². The van der Waals surface area contributed by atoms with E-state index in [0.29, 0.717) is 35.1 Å². The van der Waals surface area contributed by atoms with Crippen molar-refractivity contribution in [3.63, 3.8) is 0 Å². The number of morpholine rings is 1. The van der Waals surface area contributed by atoms with Crippen LogP contribution in [0.1, 0.15) is 16.9 Å². The Morgan fingerprint density at radius 1 is 1.03 bits per heavy atom. The first kappa shape index (κ1) is 26.3. The Hall–Kier alpha value is -4.35. The maximum absolute atomic E-state index is 13.4. The maximum Gasteiger partial charge on any atom is 0.275 e. The first-order valence-corrected chi connectivity index (χ1v) is 12.6. The van der Waals surface area contributed by atoms with Gasteiger partial charge in [-0.2, -0.15) is 0 Å². The second-order valence-corrected chi connectivity index (χ2v) is 8.78. The standard InChI is InChI=1S/C28H28FN5O5/c1-36-25-16-21-22(17-26(25)38-12-2-9-34-10-13-37-14-11-34)30-8-6-24(21)39-20-3-4-27(32-18-20)33-28(35)23-15-19(29)5-7-31-23/h3-8,15-18H,2,9-14H2,1H3,(H,32,33,35). The van der Waals surface area contributed by atoms with Gasteiger partial charge in [0.05, 0.1) is 38.6 Å². The molecular formula is C28H28FN5O5. The van der Waals surface area contributed by atoms with Crippen molar-refractivity contribution < 1.29 is 28.1 Å². The fourth-order valence-corrected chi connectivity index (χ4v) is 4.14. The molecular weight excluding hydrogens is 505 g/mol. The second-order valence-electron chi connectivity index (χ2n) is 8.78.